The summed E-state index contributed by atoms with van der Waals surface area (Å²) in [4.78, 5) is 26.9. The lowest BCUT2D eigenvalue weighted by Gasteiger charge is -2.28. The van der Waals surface area contributed by atoms with Crippen LogP contribution in [0.4, 0.5) is 5.95 Å². The van der Waals surface area contributed by atoms with Crippen molar-refractivity contribution in [1.29, 1.82) is 0 Å². The molecule has 0 aliphatic carbocycles. The van der Waals surface area contributed by atoms with Crippen LogP contribution in [0.2, 0.25) is 0 Å². The lowest BCUT2D eigenvalue weighted by atomic mass is 10.1. The standard InChI is InChI=1S/C21H25N5O4/c1-28-18-8-14-15(9-19(18)29-2)23-21(24-20(14)27)25-6-5-17-16(11-25)22-12-26(17)10-13-4-3-7-30-13/h8-9,12-13H,3-7,10-11H2,1-2H3,(H,23,24,27). The van der Waals surface area contributed by atoms with Gasteiger partial charge in [0.15, 0.2) is 11.5 Å². The number of aromatic nitrogens is 4. The molecule has 1 N–H and O–H groups in total. The lowest BCUT2D eigenvalue weighted by Crippen LogP contribution is -2.34. The van der Waals surface area contributed by atoms with Gasteiger partial charge in [0.05, 0.1) is 56.3 Å². The van der Waals surface area contributed by atoms with Crippen LogP contribution in [-0.4, -0.2) is 53.0 Å². The van der Waals surface area contributed by atoms with Gasteiger partial charge in [0.2, 0.25) is 5.95 Å². The average Bonchev–Trinajstić information content (AvgIpc) is 3.43. The molecule has 9 heteroatoms. The third-order valence-corrected chi connectivity index (χ3v) is 5.92. The van der Waals surface area contributed by atoms with Crippen molar-refractivity contribution < 1.29 is 14.2 Å². The highest BCUT2D eigenvalue weighted by Crippen LogP contribution is 2.31. The average molecular weight is 411 g/mol. The van der Waals surface area contributed by atoms with Crippen LogP contribution < -0.4 is 19.9 Å². The molecule has 1 saturated heterocycles. The van der Waals surface area contributed by atoms with E-state index in [1.165, 1.54) is 5.69 Å². The molecule has 0 radical (unpaired) electrons. The Hall–Kier alpha value is -3.07. The van der Waals surface area contributed by atoms with Crippen LogP contribution in [0.3, 0.4) is 0 Å². The molecular formula is C21H25N5O4. The van der Waals surface area contributed by atoms with E-state index in [0.717, 1.165) is 44.7 Å². The molecule has 0 amide bonds. The number of ether oxygens (including phenoxy) is 3. The van der Waals surface area contributed by atoms with Crippen LogP contribution in [0.1, 0.15) is 24.2 Å². The van der Waals surface area contributed by atoms with E-state index in [4.69, 9.17) is 14.2 Å². The van der Waals surface area contributed by atoms with E-state index < -0.39 is 0 Å². The first kappa shape index (κ1) is 18.9. The fourth-order valence-electron chi connectivity index (χ4n) is 4.33. The zero-order valence-corrected chi connectivity index (χ0v) is 17.2. The number of hydrogen-bond acceptors (Lipinski definition) is 7. The summed E-state index contributed by atoms with van der Waals surface area (Å²) in [5.74, 6) is 1.61. The maximum absolute atomic E-state index is 12.7. The van der Waals surface area contributed by atoms with Crippen molar-refractivity contribution in [3.8, 4) is 11.5 Å². The van der Waals surface area contributed by atoms with Gasteiger partial charge in [0, 0.05) is 31.3 Å². The van der Waals surface area contributed by atoms with E-state index in [1.54, 1.807) is 26.4 Å². The summed E-state index contributed by atoms with van der Waals surface area (Å²) in [5.41, 5.74) is 2.64. The van der Waals surface area contributed by atoms with Crippen LogP contribution in [0.25, 0.3) is 10.9 Å². The molecule has 158 valence electrons. The third-order valence-electron chi connectivity index (χ3n) is 5.92. The first-order valence-electron chi connectivity index (χ1n) is 10.2. The van der Waals surface area contributed by atoms with Crippen LogP contribution >= 0.6 is 0 Å². The second-order valence-electron chi connectivity index (χ2n) is 7.72. The molecule has 0 saturated carbocycles. The van der Waals surface area contributed by atoms with Crippen molar-refractivity contribution in [2.75, 3.05) is 32.3 Å². The molecule has 0 bridgehead atoms. The number of methoxy groups -OCH3 is 2. The number of nitrogens with one attached hydrogen (secondary N) is 1. The Labute approximate surface area is 173 Å². The Kier molecular flexibility index (Phi) is 4.82. The number of rotatable bonds is 5. The molecule has 1 aromatic carbocycles. The molecular weight excluding hydrogens is 386 g/mol. The summed E-state index contributed by atoms with van der Waals surface area (Å²) in [7, 11) is 3.12. The summed E-state index contributed by atoms with van der Waals surface area (Å²) < 4.78 is 18.7. The number of hydrogen-bond donors (Lipinski definition) is 1. The minimum Gasteiger partial charge on any atom is -0.493 e. The maximum Gasteiger partial charge on any atom is 0.282 e. The summed E-state index contributed by atoms with van der Waals surface area (Å²) in [6, 6.07) is 3.43. The molecule has 2 aliphatic heterocycles. The molecule has 9 nitrogen and oxygen atoms in total. The molecule has 5 rings (SSSR count). The first-order valence-corrected chi connectivity index (χ1v) is 10.2. The van der Waals surface area contributed by atoms with Gasteiger partial charge < -0.3 is 28.7 Å². The van der Waals surface area contributed by atoms with Crippen LogP contribution in [0.15, 0.2) is 23.3 Å². The summed E-state index contributed by atoms with van der Waals surface area (Å²) in [6.07, 6.45) is 5.27. The zero-order chi connectivity index (χ0) is 20.7. The van der Waals surface area contributed by atoms with Gasteiger partial charge >= 0.3 is 0 Å². The Morgan fingerprint density at radius 3 is 2.87 bits per heavy atom. The quantitative estimate of drug-likeness (QED) is 0.685. The van der Waals surface area contributed by atoms with E-state index >= 15 is 0 Å². The van der Waals surface area contributed by atoms with E-state index in [2.05, 4.69) is 24.4 Å². The lowest BCUT2D eigenvalue weighted by molar-refractivity contribution is 0.0963. The molecule has 1 atom stereocenters. The Morgan fingerprint density at radius 2 is 2.10 bits per heavy atom. The topological polar surface area (TPSA) is 94.5 Å². The molecule has 2 aliphatic rings. The number of nitrogens with zero attached hydrogens (tertiary/aromatic N) is 4. The van der Waals surface area contributed by atoms with Crippen LogP contribution in [-0.2, 0) is 24.2 Å². The molecule has 3 aromatic rings. The number of aromatic amines is 1. The normalized spacial score (nSPS) is 18.6. The van der Waals surface area contributed by atoms with Crippen LogP contribution in [0, 0.1) is 0 Å². The van der Waals surface area contributed by atoms with Crippen molar-refractivity contribution >= 4 is 16.9 Å². The van der Waals surface area contributed by atoms with Crippen LogP contribution in [0.5, 0.6) is 11.5 Å². The minimum atomic E-state index is -0.297. The highest BCUT2D eigenvalue weighted by molar-refractivity contribution is 5.82. The highest BCUT2D eigenvalue weighted by atomic mass is 16.5. The highest BCUT2D eigenvalue weighted by Gasteiger charge is 2.25. The summed E-state index contributed by atoms with van der Waals surface area (Å²) in [6.45, 7) is 3.07. The van der Waals surface area contributed by atoms with Gasteiger partial charge in [-0.2, -0.15) is 4.98 Å². The van der Waals surface area contributed by atoms with Gasteiger partial charge in [-0.05, 0) is 18.9 Å². The Balaban J connectivity index is 1.43. The van der Waals surface area contributed by atoms with E-state index in [0.29, 0.717) is 34.9 Å². The third kappa shape index (κ3) is 3.28. The number of anilines is 1. The fraction of sp³-hybridized carbons (Fsp3) is 0.476. The van der Waals surface area contributed by atoms with Gasteiger partial charge in [0.1, 0.15) is 0 Å². The molecule has 4 heterocycles. The number of imidazole rings is 1. The number of benzene rings is 1. The minimum absolute atomic E-state index is 0.284. The van der Waals surface area contributed by atoms with Gasteiger partial charge in [-0.15, -0.1) is 0 Å². The maximum atomic E-state index is 12.7. The van der Waals surface area contributed by atoms with E-state index in [-0.39, 0.29) is 11.7 Å². The van der Waals surface area contributed by atoms with Crippen molar-refractivity contribution in [2.24, 2.45) is 0 Å². The van der Waals surface area contributed by atoms with Gasteiger partial charge in [-0.25, -0.2) is 4.98 Å². The predicted octanol–water partition coefficient (Wildman–Crippen LogP) is 1.88. The SMILES string of the molecule is COc1cc2[nH]c(N3CCc4c(ncn4CC4CCCO4)C3)nc(=O)c2cc1OC. The Bertz CT molecular complexity index is 1130. The number of fused-ring (bicyclic) bond motifs is 2. The van der Waals surface area contributed by atoms with E-state index in [1.807, 2.05) is 6.33 Å². The largest absolute Gasteiger partial charge is 0.493 e. The zero-order valence-electron chi connectivity index (χ0n) is 17.2. The molecule has 1 unspecified atom stereocenters. The second kappa shape index (κ2) is 7.64. The van der Waals surface area contributed by atoms with Gasteiger partial charge in [0.25, 0.3) is 5.56 Å². The summed E-state index contributed by atoms with van der Waals surface area (Å²) in [5, 5.41) is 0.468. The van der Waals surface area contributed by atoms with Crippen molar-refractivity contribution in [3.05, 3.63) is 40.2 Å². The predicted molar refractivity (Wildman–Crippen MR) is 111 cm³/mol. The molecule has 30 heavy (non-hydrogen) atoms. The smallest absolute Gasteiger partial charge is 0.282 e. The van der Waals surface area contributed by atoms with Crippen molar-refractivity contribution in [1.82, 2.24) is 19.5 Å². The van der Waals surface area contributed by atoms with Crippen molar-refractivity contribution in [3.63, 3.8) is 0 Å². The fourth-order valence-corrected chi connectivity index (χ4v) is 4.33. The van der Waals surface area contributed by atoms with Gasteiger partial charge in [-0.1, -0.05) is 0 Å². The molecule has 0 spiro atoms. The monoisotopic (exact) mass is 411 g/mol. The van der Waals surface area contributed by atoms with Gasteiger partial charge in [-0.3, -0.25) is 4.79 Å². The second-order valence-corrected chi connectivity index (χ2v) is 7.72. The summed E-state index contributed by atoms with van der Waals surface area (Å²) >= 11 is 0. The number of H-pyrrole nitrogens is 1. The molecule has 1 fully saturated rings. The Morgan fingerprint density at radius 1 is 1.27 bits per heavy atom. The molecule has 2 aromatic heterocycles. The van der Waals surface area contributed by atoms with E-state index in [9.17, 15) is 4.79 Å². The van der Waals surface area contributed by atoms with Crippen molar-refractivity contribution in [2.45, 2.75) is 38.5 Å². The first-order chi connectivity index (χ1) is 14.7.